The fourth-order valence-electron chi connectivity index (χ4n) is 4.72. The van der Waals surface area contributed by atoms with Crippen LogP contribution in [-0.2, 0) is 0 Å². The Labute approximate surface area is 192 Å². The van der Waals surface area contributed by atoms with Gasteiger partial charge in [-0.3, -0.25) is 18.9 Å². The van der Waals surface area contributed by atoms with E-state index in [1.807, 2.05) is 12.1 Å². The number of hydrogen-bond donors (Lipinski definition) is 1. The zero-order valence-electron chi connectivity index (χ0n) is 18.1. The maximum atomic E-state index is 13.5. The number of nitrogens with zero attached hydrogens (tertiary/aromatic N) is 6. The summed E-state index contributed by atoms with van der Waals surface area (Å²) in [5.41, 5.74) is 2.12. The molecule has 9 nitrogen and oxygen atoms in total. The number of benzene rings is 1. The molecule has 10 heteroatoms. The average Bonchev–Trinajstić information content (AvgIpc) is 3.43. The summed E-state index contributed by atoms with van der Waals surface area (Å²) in [6, 6.07) is 11.5. The summed E-state index contributed by atoms with van der Waals surface area (Å²) in [6.45, 7) is 1.36. The Bertz CT molecular complexity index is 1590. The molecule has 4 aromatic heterocycles. The molecule has 1 fully saturated rings. The van der Waals surface area contributed by atoms with Crippen molar-refractivity contribution in [1.82, 2.24) is 29.1 Å². The minimum absolute atomic E-state index is 0.0521. The molecule has 0 spiro atoms. The van der Waals surface area contributed by atoms with Gasteiger partial charge in [0.1, 0.15) is 23.7 Å². The van der Waals surface area contributed by atoms with Gasteiger partial charge in [-0.25, -0.2) is 24.1 Å². The second-order valence-corrected chi connectivity index (χ2v) is 8.34. The second-order valence-electron chi connectivity index (χ2n) is 8.34. The number of halogens is 1. The lowest BCUT2D eigenvalue weighted by Gasteiger charge is -2.33. The molecule has 170 valence electrons. The largest absolute Gasteiger partial charge is 0.356 e. The van der Waals surface area contributed by atoms with Gasteiger partial charge in [0.25, 0.3) is 5.91 Å². The number of hydrogen-bond acceptors (Lipinski definition) is 6. The Balaban J connectivity index is 1.22. The molecule has 34 heavy (non-hydrogen) atoms. The van der Waals surface area contributed by atoms with Gasteiger partial charge in [0.05, 0.1) is 11.0 Å². The van der Waals surface area contributed by atoms with Crippen molar-refractivity contribution in [3.8, 4) is 0 Å². The summed E-state index contributed by atoms with van der Waals surface area (Å²) in [5.74, 6) is 0.00169. The highest BCUT2D eigenvalue weighted by molar-refractivity contribution is 6.01. The lowest BCUT2D eigenvalue weighted by Crippen LogP contribution is -2.37. The first-order chi connectivity index (χ1) is 16.6. The van der Waals surface area contributed by atoms with Crippen LogP contribution in [0.4, 0.5) is 10.2 Å². The van der Waals surface area contributed by atoms with E-state index in [1.54, 1.807) is 35.2 Å². The van der Waals surface area contributed by atoms with Crippen molar-refractivity contribution in [2.24, 2.45) is 0 Å². The Morgan fingerprint density at radius 3 is 2.74 bits per heavy atom. The van der Waals surface area contributed by atoms with Crippen LogP contribution in [0.5, 0.6) is 0 Å². The zero-order valence-corrected chi connectivity index (χ0v) is 18.1. The van der Waals surface area contributed by atoms with Crippen LogP contribution in [0.1, 0.15) is 29.4 Å². The summed E-state index contributed by atoms with van der Waals surface area (Å²) >= 11 is 0. The highest BCUT2D eigenvalue weighted by Gasteiger charge is 2.25. The first kappa shape index (κ1) is 20.3. The van der Waals surface area contributed by atoms with Crippen LogP contribution in [0, 0.1) is 5.82 Å². The molecule has 1 aliphatic heterocycles. The number of H-pyrrole nitrogens is 1. The third kappa shape index (κ3) is 3.35. The summed E-state index contributed by atoms with van der Waals surface area (Å²) in [5, 5.41) is 0.646. The Kier molecular flexibility index (Phi) is 4.72. The molecule has 0 aliphatic carbocycles. The molecule has 0 atom stereocenters. The van der Waals surface area contributed by atoms with E-state index in [1.165, 1.54) is 23.0 Å². The third-order valence-corrected chi connectivity index (χ3v) is 6.39. The standard InChI is InChI=1S/C24H20FN7O2/c25-16-3-4-19-15(12-16)5-11-31(19)23(33)18-13-21(28-14-27-18)30-9-6-17(7-10-30)32-20-2-1-8-26-22(20)29-24(32)34/h1-5,8,11-14,17H,6-7,9-10H2,(H,26,29,34). The number of anilines is 1. The van der Waals surface area contributed by atoms with Crippen molar-refractivity contribution in [1.29, 1.82) is 0 Å². The molecule has 1 saturated heterocycles. The molecular formula is C24H20FN7O2. The number of aromatic nitrogens is 6. The van der Waals surface area contributed by atoms with Crippen LogP contribution in [0.2, 0.25) is 0 Å². The van der Waals surface area contributed by atoms with Gasteiger partial charge >= 0.3 is 5.69 Å². The van der Waals surface area contributed by atoms with E-state index in [9.17, 15) is 14.0 Å². The Morgan fingerprint density at radius 2 is 1.88 bits per heavy atom. The van der Waals surface area contributed by atoms with Crippen molar-refractivity contribution in [3.05, 3.63) is 83.2 Å². The zero-order chi connectivity index (χ0) is 23.2. The predicted octanol–water partition coefficient (Wildman–Crippen LogP) is 3.14. The molecule has 5 aromatic rings. The monoisotopic (exact) mass is 457 g/mol. The average molecular weight is 457 g/mol. The molecule has 0 radical (unpaired) electrons. The van der Waals surface area contributed by atoms with Gasteiger partial charge in [-0.05, 0) is 49.2 Å². The van der Waals surface area contributed by atoms with E-state index in [0.29, 0.717) is 35.5 Å². The summed E-state index contributed by atoms with van der Waals surface area (Å²) in [7, 11) is 0. The minimum Gasteiger partial charge on any atom is -0.356 e. The molecular weight excluding hydrogens is 437 g/mol. The van der Waals surface area contributed by atoms with E-state index < -0.39 is 0 Å². The third-order valence-electron chi connectivity index (χ3n) is 6.39. The first-order valence-corrected chi connectivity index (χ1v) is 11.0. The van der Waals surface area contributed by atoms with Crippen LogP contribution in [0.15, 0.2) is 66.0 Å². The van der Waals surface area contributed by atoms with Crippen molar-refractivity contribution in [2.45, 2.75) is 18.9 Å². The number of nitrogens with one attached hydrogen (secondary N) is 1. The van der Waals surface area contributed by atoms with Crippen LogP contribution in [0.3, 0.4) is 0 Å². The number of pyridine rings is 1. The van der Waals surface area contributed by atoms with Gasteiger partial charge in [-0.1, -0.05) is 0 Å². The minimum atomic E-state index is -0.350. The number of carbonyl (C=O) groups is 1. The quantitative estimate of drug-likeness (QED) is 0.447. The lowest BCUT2D eigenvalue weighted by molar-refractivity contribution is 0.0960. The van der Waals surface area contributed by atoms with Gasteiger partial charge in [0.2, 0.25) is 0 Å². The maximum absolute atomic E-state index is 13.5. The van der Waals surface area contributed by atoms with Crippen molar-refractivity contribution >= 4 is 33.8 Å². The van der Waals surface area contributed by atoms with Gasteiger partial charge in [-0.2, -0.15) is 0 Å². The molecule has 6 rings (SSSR count). The van der Waals surface area contributed by atoms with Crippen LogP contribution in [0.25, 0.3) is 22.1 Å². The van der Waals surface area contributed by atoms with Crippen molar-refractivity contribution < 1.29 is 9.18 Å². The smallest absolute Gasteiger partial charge is 0.327 e. The van der Waals surface area contributed by atoms with E-state index >= 15 is 0 Å². The molecule has 0 bridgehead atoms. The van der Waals surface area contributed by atoms with Crippen LogP contribution < -0.4 is 10.6 Å². The van der Waals surface area contributed by atoms with E-state index in [2.05, 4.69) is 24.8 Å². The molecule has 0 amide bonds. The van der Waals surface area contributed by atoms with Crippen molar-refractivity contribution in [2.75, 3.05) is 18.0 Å². The van der Waals surface area contributed by atoms with Crippen LogP contribution >= 0.6 is 0 Å². The second kappa shape index (κ2) is 7.91. The van der Waals surface area contributed by atoms with E-state index in [-0.39, 0.29) is 29.1 Å². The number of imidazole rings is 1. The highest BCUT2D eigenvalue weighted by atomic mass is 19.1. The van der Waals surface area contributed by atoms with Crippen LogP contribution in [-0.4, -0.2) is 48.1 Å². The first-order valence-electron chi connectivity index (χ1n) is 11.0. The number of carbonyl (C=O) groups excluding carboxylic acids is 1. The predicted molar refractivity (Wildman–Crippen MR) is 124 cm³/mol. The SMILES string of the molecule is O=C(c1cc(N2CCC(n3c(=O)[nH]c4ncccc43)CC2)ncn1)n1ccc2cc(F)ccc21. The molecule has 0 saturated carbocycles. The topological polar surface area (TPSA) is 102 Å². The summed E-state index contributed by atoms with van der Waals surface area (Å²) in [4.78, 5) is 43.3. The maximum Gasteiger partial charge on any atom is 0.327 e. The Morgan fingerprint density at radius 1 is 1.03 bits per heavy atom. The normalized spacial score (nSPS) is 14.8. The molecule has 1 aromatic carbocycles. The van der Waals surface area contributed by atoms with Gasteiger partial charge in [0, 0.05) is 43.0 Å². The number of rotatable bonds is 3. The highest BCUT2D eigenvalue weighted by Crippen LogP contribution is 2.27. The van der Waals surface area contributed by atoms with E-state index in [0.717, 1.165) is 18.4 Å². The molecule has 0 unspecified atom stereocenters. The van der Waals surface area contributed by atoms with E-state index in [4.69, 9.17) is 0 Å². The molecule has 1 N–H and O–H groups in total. The lowest BCUT2D eigenvalue weighted by atomic mass is 10.0. The Hall–Kier alpha value is -4.34. The fourth-order valence-corrected chi connectivity index (χ4v) is 4.72. The number of fused-ring (bicyclic) bond motifs is 2. The van der Waals surface area contributed by atoms with Gasteiger partial charge in [0.15, 0.2) is 5.65 Å². The van der Waals surface area contributed by atoms with Gasteiger partial charge < -0.3 is 4.90 Å². The fraction of sp³-hybridized carbons (Fsp3) is 0.208. The molecule has 1 aliphatic rings. The summed E-state index contributed by atoms with van der Waals surface area (Å²) < 4.78 is 16.8. The van der Waals surface area contributed by atoms with Gasteiger partial charge in [-0.15, -0.1) is 0 Å². The van der Waals surface area contributed by atoms with Crippen molar-refractivity contribution in [3.63, 3.8) is 0 Å². The number of aromatic amines is 1. The number of piperidine rings is 1. The molecule has 5 heterocycles. The summed E-state index contributed by atoms with van der Waals surface area (Å²) in [6.07, 6.45) is 6.17.